The van der Waals surface area contributed by atoms with Crippen LogP contribution in [-0.4, -0.2) is 31.7 Å². The van der Waals surface area contributed by atoms with Gasteiger partial charge in [0.2, 0.25) is 10.0 Å². The Bertz CT molecular complexity index is 824. The predicted octanol–water partition coefficient (Wildman–Crippen LogP) is 3.65. The quantitative estimate of drug-likeness (QED) is 0.849. The molecule has 0 saturated heterocycles. The summed E-state index contributed by atoms with van der Waals surface area (Å²) >= 11 is 1.44. The summed E-state index contributed by atoms with van der Waals surface area (Å²) in [6.07, 6.45) is 0. The van der Waals surface area contributed by atoms with E-state index in [0.717, 1.165) is 11.1 Å². The Hall–Kier alpha value is -1.70. The first-order valence-corrected chi connectivity index (χ1v) is 10.1. The van der Waals surface area contributed by atoms with Crippen molar-refractivity contribution in [2.45, 2.75) is 32.6 Å². The topological polar surface area (TPSA) is 66.5 Å². The molecular formula is C17H22N2O3S2. The fourth-order valence-corrected chi connectivity index (χ4v) is 4.61. The number of carbonyl (C=O) groups excluding carboxylic acids is 1. The van der Waals surface area contributed by atoms with Gasteiger partial charge in [0.1, 0.15) is 0 Å². The van der Waals surface area contributed by atoms with Crippen molar-refractivity contribution in [2.75, 3.05) is 18.4 Å². The van der Waals surface area contributed by atoms with E-state index >= 15 is 0 Å². The van der Waals surface area contributed by atoms with Gasteiger partial charge in [0.15, 0.2) is 0 Å². The molecule has 0 aliphatic heterocycles. The van der Waals surface area contributed by atoms with E-state index in [1.54, 1.807) is 37.4 Å². The third-order valence-corrected chi connectivity index (χ3v) is 6.73. The first kappa shape index (κ1) is 18.6. The highest BCUT2D eigenvalue weighted by molar-refractivity contribution is 7.89. The van der Waals surface area contributed by atoms with Gasteiger partial charge < -0.3 is 5.32 Å². The minimum atomic E-state index is -3.57. The van der Waals surface area contributed by atoms with Gasteiger partial charge >= 0.3 is 0 Å². The highest BCUT2D eigenvalue weighted by Crippen LogP contribution is 2.26. The van der Waals surface area contributed by atoms with Crippen LogP contribution in [0.3, 0.4) is 0 Å². The second kappa shape index (κ2) is 7.46. The summed E-state index contributed by atoms with van der Waals surface area (Å²) in [4.78, 5) is 12.5. The zero-order valence-electron chi connectivity index (χ0n) is 14.3. The van der Waals surface area contributed by atoms with Crippen LogP contribution in [0, 0.1) is 13.8 Å². The fourth-order valence-electron chi connectivity index (χ4n) is 2.41. The molecule has 7 heteroatoms. The van der Waals surface area contributed by atoms with Crippen molar-refractivity contribution in [3.8, 4) is 0 Å². The number of anilines is 1. The van der Waals surface area contributed by atoms with Crippen LogP contribution in [0.2, 0.25) is 0 Å². The van der Waals surface area contributed by atoms with Gasteiger partial charge in [0.25, 0.3) is 5.91 Å². The lowest BCUT2D eigenvalue weighted by Crippen LogP contribution is -2.30. The lowest BCUT2D eigenvalue weighted by molar-refractivity contribution is 0.102. The van der Waals surface area contributed by atoms with Crippen molar-refractivity contribution in [2.24, 2.45) is 0 Å². The highest BCUT2D eigenvalue weighted by atomic mass is 32.2. The average molecular weight is 367 g/mol. The van der Waals surface area contributed by atoms with E-state index in [1.165, 1.54) is 15.6 Å². The molecule has 5 nitrogen and oxygen atoms in total. The summed E-state index contributed by atoms with van der Waals surface area (Å²) < 4.78 is 26.9. The highest BCUT2D eigenvalue weighted by Gasteiger charge is 2.23. The van der Waals surface area contributed by atoms with Crippen molar-refractivity contribution in [3.63, 3.8) is 0 Å². The molecule has 130 valence electrons. The number of sulfonamides is 1. The van der Waals surface area contributed by atoms with Crippen LogP contribution < -0.4 is 5.32 Å². The van der Waals surface area contributed by atoms with Crippen LogP contribution in [0.5, 0.6) is 0 Å². The molecule has 0 aliphatic rings. The number of hydrogen-bond donors (Lipinski definition) is 1. The zero-order chi connectivity index (χ0) is 17.9. The fraction of sp³-hybridized carbons (Fsp3) is 0.353. The van der Waals surface area contributed by atoms with Crippen molar-refractivity contribution in [1.82, 2.24) is 4.31 Å². The number of rotatable bonds is 6. The van der Waals surface area contributed by atoms with E-state index in [0.29, 0.717) is 24.3 Å². The van der Waals surface area contributed by atoms with Crippen LogP contribution in [0.1, 0.15) is 35.3 Å². The Labute approximate surface area is 147 Å². The zero-order valence-corrected chi connectivity index (χ0v) is 15.9. The van der Waals surface area contributed by atoms with E-state index in [9.17, 15) is 13.2 Å². The summed E-state index contributed by atoms with van der Waals surface area (Å²) in [5.41, 5.74) is 2.77. The molecule has 24 heavy (non-hydrogen) atoms. The molecule has 1 aromatic carbocycles. The maximum atomic E-state index is 12.7. The molecule has 2 rings (SSSR count). The minimum Gasteiger partial charge on any atom is -0.322 e. The lowest BCUT2D eigenvalue weighted by atomic mass is 10.1. The van der Waals surface area contributed by atoms with Crippen LogP contribution in [0.25, 0.3) is 0 Å². The molecule has 0 atom stereocenters. The molecule has 0 aliphatic carbocycles. The first-order valence-electron chi connectivity index (χ1n) is 7.76. The molecule has 0 saturated carbocycles. The maximum absolute atomic E-state index is 12.7. The normalized spacial score (nSPS) is 11.7. The Morgan fingerprint density at radius 1 is 1.21 bits per heavy atom. The second-order valence-corrected chi connectivity index (χ2v) is 8.19. The molecular weight excluding hydrogens is 344 g/mol. The molecule has 0 fully saturated rings. The van der Waals surface area contributed by atoms with Crippen molar-refractivity contribution >= 4 is 33.0 Å². The Morgan fingerprint density at radius 3 is 2.42 bits per heavy atom. The molecule has 1 heterocycles. The number of nitrogens with one attached hydrogen (secondary N) is 1. The Kier molecular flexibility index (Phi) is 5.79. The van der Waals surface area contributed by atoms with E-state index in [2.05, 4.69) is 5.32 Å². The summed E-state index contributed by atoms with van der Waals surface area (Å²) in [5.74, 6) is -0.240. The Morgan fingerprint density at radius 2 is 1.88 bits per heavy atom. The standard InChI is InChI=1S/C17H22N2O3S2/c1-5-19(6-2)24(21,22)15-9-12(3)13(4)16(10-15)18-17(20)14-7-8-23-11-14/h7-11H,5-6H2,1-4H3,(H,18,20). The van der Waals surface area contributed by atoms with Gasteiger partial charge in [-0.05, 0) is 48.6 Å². The smallest absolute Gasteiger partial charge is 0.256 e. The lowest BCUT2D eigenvalue weighted by Gasteiger charge is -2.20. The number of aryl methyl sites for hydroxylation is 1. The summed E-state index contributed by atoms with van der Waals surface area (Å²) in [5, 5.41) is 6.41. The van der Waals surface area contributed by atoms with Crippen molar-refractivity contribution in [3.05, 3.63) is 45.6 Å². The van der Waals surface area contributed by atoms with Gasteiger partial charge in [-0.1, -0.05) is 13.8 Å². The molecule has 0 spiro atoms. The summed E-state index contributed by atoms with van der Waals surface area (Å²) in [6, 6.07) is 4.93. The molecule has 0 unspecified atom stereocenters. The van der Waals surface area contributed by atoms with Gasteiger partial charge in [-0.15, -0.1) is 0 Å². The third kappa shape index (κ3) is 3.68. The molecule has 0 bridgehead atoms. The summed E-state index contributed by atoms with van der Waals surface area (Å²) in [7, 11) is -3.57. The predicted molar refractivity (Wildman–Crippen MR) is 98.3 cm³/mol. The summed E-state index contributed by atoms with van der Waals surface area (Å²) in [6.45, 7) is 8.14. The SMILES string of the molecule is CCN(CC)S(=O)(=O)c1cc(C)c(C)c(NC(=O)c2ccsc2)c1. The van der Waals surface area contributed by atoms with Gasteiger partial charge in [-0.2, -0.15) is 15.6 Å². The van der Waals surface area contributed by atoms with E-state index in [1.807, 2.05) is 19.2 Å². The van der Waals surface area contributed by atoms with Crippen LogP contribution >= 0.6 is 11.3 Å². The van der Waals surface area contributed by atoms with Gasteiger partial charge in [-0.25, -0.2) is 8.42 Å². The number of nitrogens with zero attached hydrogens (tertiary/aromatic N) is 1. The van der Waals surface area contributed by atoms with Crippen LogP contribution in [-0.2, 0) is 10.0 Å². The molecule has 1 aromatic heterocycles. The average Bonchev–Trinajstić information content (AvgIpc) is 3.06. The van der Waals surface area contributed by atoms with Gasteiger partial charge in [0.05, 0.1) is 10.5 Å². The molecule has 2 aromatic rings. The first-order chi connectivity index (χ1) is 11.3. The molecule has 0 radical (unpaired) electrons. The van der Waals surface area contributed by atoms with E-state index in [4.69, 9.17) is 0 Å². The number of carbonyl (C=O) groups is 1. The van der Waals surface area contributed by atoms with Gasteiger partial charge in [-0.3, -0.25) is 4.79 Å². The van der Waals surface area contributed by atoms with E-state index in [-0.39, 0.29) is 10.8 Å². The van der Waals surface area contributed by atoms with Crippen molar-refractivity contribution in [1.29, 1.82) is 0 Å². The minimum absolute atomic E-state index is 0.204. The molecule has 1 N–H and O–H groups in total. The Balaban J connectivity index is 2.44. The van der Waals surface area contributed by atoms with Gasteiger partial charge in [0, 0.05) is 24.2 Å². The number of hydrogen-bond acceptors (Lipinski definition) is 4. The largest absolute Gasteiger partial charge is 0.322 e. The molecule has 1 amide bonds. The van der Waals surface area contributed by atoms with Crippen LogP contribution in [0.15, 0.2) is 33.9 Å². The maximum Gasteiger partial charge on any atom is 0.256 e. The number of benzene rings is 1. The number of amides is 1. The second-order valence-electron chi connectivity index (χ2n) is 5.47. The van der Waals surface area contributed by atoms with Crippen molar-refractivity contribution < 1.29 is 13.2 Å². The monoisotopic (exact) mass is 366 g/mol. The number of thiophene rings is 1. The van der Waals surface area contributed by atoms with Crippen LogP contribution in [0.4, 0.5) is 5.69 Å². The third-order valence-electron chi connectivity index (χ3n) is 4.02. The van der Waals surface area contributed by atoms with E-state index < -0.39 is 10.0 Å².